The fourth-order valence-corrected chi connectivity index (χ4v) is 3.53. The van der Waals surface area contributed by atoms with Crippen LogP contribution in [0.25, 0.3) is 0 Å². The summed E-state index contributed by atoms with van der Waals surface area (Å²) >= 11 is 0. The van der Waals surface area contributed by atoms with Crippen LogP contribution in [0.2, 0.25) is 0 Å². The van der Waals surface area contributed by atoms with Gasteiger partial charge in [0.2, 0.25) is 15.7 Å². The minimum absolute atomic E-state index is 0.112. The smallest absolute Gasteiger partial charge is 0.251 e. The molecule has 1 fully saturated rings. The molecule has 1 saturated heterocycles. The van der Waals surface area contributed by atoms with Gasteiger partial charge in [0.05, 0.1) is 11.8 Å². The number of nitrogens with zero attached hydrogens (tertiary/aromatic N) is 4. The second-order valence-electron chi connectivity index (χ2n) is 5.16. The first-order chi connectivity index (χ1) is 9.95. The van der Waals surface area contributed by atoms with Gasteiger partial charge in [0.25, 0.3) is 5.88 Å². The lowest BCUT2D eigenvalue weighted by Crippen LogP contribution is -2.46. The Kier molecular flexibility index (Phi) is 4.75. The van der Waals surface area contributed by atoms with E-state index in [0.717, 1.165) is 12.8 Å². The zero-order valence-electron chi connectivity index (χ0n) is 12.1. The third-order valence-corrected chi connectivity index (χ3v) is 5.59. The van der Waals surface area contributed by atoms with Crippen molar-refractivity contribution in [2.24, 2.45) is 0 Å². The zero-order valence-corrected chi connectivity index (χ0v) is 12.9. The van der Waals surface area contributed by atoms with Crippen LogP contribution < -0.4 is 4.74 Å². The maximum atomic E-state index is 12.2. The summed E-state index contributed by atoms with van der Waals surface area (Å²) in [5.41, 5.74) is 0.112. The summed E-state index contributed by atoms with van der Waals surface area (Å²) in [6.45, 7) is 4.11. The van der Waals surface area contributed by atoms with Crippen molar-refractivity contribution in [1.82, 2.24) is 14.3 Å². The van der Waals surface area contributed by atoms with Gasteiger partial charge >= 0.3 is 0 Å². The zero-order chi connectivity index (χ0) is 15.5. The van der Waals surface area contributed by atoms with Crippen LogP contribution in [0.5, 0.6) is 5.88 Å². The highest BCUT2D eigenvalue weighted by Gasteiger charge is 2.32. The molecule has 7 nitrogen and oxygen atoms in total. The van der Waals surface area contributed by atoms with E-state index >= 15 is 0 Å². The molecule has 1 aliphatic rings. The molecule has 2 heterocycles. The minimum Gasteiger partial charge on any atom is -0.471 e. The first-order valence-corrected chi connectivity index (χ1v) is 8.32. The fraction of sp³-hybridized carbons (Fsp3) is 0.615. The first-order valence-electron chi connectivity index (χ1n) is 6.82. The molecule has 21 heavy (non-hydrogen) atoms. The molecule has 114 valence electrons. The second kappa shape index (κ2) is 6.37. The summed E-state index contributed by atoms with van der Waals surface area (Å²) in [5.74, 6) is 0.161. The van der Waals surface area contributed by atoms with E-state index in [-0.39, 0.29) is 24.2 Å². The number of rotatable bonds is 4. The molecular weight excluding hydrogens is 292 g/mol. The van der Waals surface area contributed by atoms with Crippen molar-refractivity contribution >= 4 is 10.0 Å². The van der Waals surface area contributed by atoms with Crippen LogP contribution >= 0.6 is 0 Å². The van der Waals surface area contributed by atoms with Crippen LogP contribution in [0, 0.1) is 11.3 Å². The molecule has 0 spiro atoms. The van der Waals surface area contributed by atoms with E-state index in [1.807, 2.05) is 6.07 Å². The van der Waals surface area contributed by atoms with Crippen molar-refractivity contribution < 1.29 is 13.2 Å². The Morgan fingerprint density at radius 1 is 1.43 bits per heavy atom. The average Bonchev–Trinajstić information content (AvgIpc) is 2.48. The maximum absolute atomic E-state index is 12.2. The number of piperidine rings is 1. The Bertz CT molecular complexity index is 639. The number of hydrogen-bond donors (Lipinski definition) is 0. The highest BCUT2D eigenvalue weighted by Crippen LogP contribution is 2.21. The lowest BCUT2D eigenvalue weighted by atomic mass is 10.1. The van der Waals surface area contributed by atoms with Crippen molar-refractivity contribution in [3.05, 3.63) is 18.1 Å². The Morgan fingerprint density at radius 2 is 2.14 bits per heavy atom. The molecular formula is C13H18N4O3S. The van der Waals surface area contributed by atoms with E-state index in [1.54, 1.807) is 13.8 Å². The highest BCUT2D eigenvalue weighted by molar-refractivity contribution is 7.89. The molecule has 0 N–H and O–H groups in total. The molecule has 1 atom stereocenters. The van der Waals surface area contributed by atoms with Crippen LogP contribution in [0.15, 0.2) is 12.4 Å². The monoisotopic (exact) mass is 310 g/mol. The molecule has 8 heteroatoms. The largest absolute Gasteiger partial charge is 0.471 e. The topological polar surface area (TPSA) is 96.2 Å². The van der Waals surface area contributed by atoms with Crippen molar-refractivity contribution in [2.45, 2.75) is 38.0 Å². The molecule has 1 aromatic rings. The Labute approximate surface area is 124 Å². The average molecular weight is 310 g/mol. The van der Waals surface area contributed by atoms with E-state index in [9.17, 15) is 8.42 Å². The summed E-state index contributed by atoms with van der Waals surface area (Å²) in [7, 11) is -3.29. The molecule has 0 aromatic carbocycles. The van der Waals surface area contributed by atoms with E-state index in [0.29, 0.717) is 6.54 Å². The molecule has 0 amide bonds. The predicted octanol–water partition coefficient (Wildman–Crippen LogP) is 0.930. The molecule has 1 aliphatic heterocycles. The Hall–Kier alpha value is -1.72. The lowest BCUT2D eigenvalue weighted by molar-refractivity contribution is 0.123. The second-order valence-corrected chi connectivity index (χ2v) is 7.64. The lowest BCUT2D eigenvalue weighted by Gasteiger charge is -2.32. The standard InChI is InChI=1S/C13H18N4O3S/c1-10(2)21(18,19)17-7-3-4-11(9-17)20-13-12(8-14)15-5-6-16-13/h5-6,10-11H,3-4,7,9H2,1-2H3. The van der Waals surface area contributed by atoms with Gasteiger partial charge in [-0.15, -0.1) is 0 Å². The molecule has 1 aromatic heterocycles. The first kappa shape index (κ1) is 15.7. The summed E-state index contributed by atoms with van der Waals surface area (Å²) in [6, 6.07) is 1.91. The van der Waals surface area contributed by atoms with Crippen molar-refractivity contribution in [3.63, 3.8) is 0 Å². The quantitative estimate of drug-likeness (QED) is 0.821. The van der Waals surface area contributed by atoms with E-state index in [4.69, 9.17) is 10.00 Å². The molecule has 0 saturated carbocycles. The number of sulfonamides is 1. The fourth-order valence-electron chi connectivity index (χ4n) is 2.18. The van der Waals surface area contributed by atoms with Crippen LogP contribution in [0.1, 0.15) is 32.4 Å². The third kappa shape index (κ3) is 3.49. The Morgan fingerprint density at radius 3 is 2.81 bits per heavy atom. The molecule has 0 bridgehead atoms. The summed E-state index contributed by atoms with van der Waals surface area (Å²) in [4.78, 5) is 7.87. The van der Waals surface area contributed by atoms with Gasteiger partial charge in [0.1, 0.15) is 12.2 Å². The predicted molar refractivity (Wildman–Crippen MR) is 76.0 cm³/mol. The van der Waals surface area contributed by atoms with Gasteiger partial charge in [-0.2, -0.15) is 9.57 Å². The molecule has 0 radical (unpaired) electrons. The normalized spacial score (nSPS) is 20.2. The van der Waals surface area contributed by atoms with Crippen molar-refractivity contribution in [3.8, 4) is 11.9 Å². The highest BCUT2D eigenvalue weighted by atomic mass is 32.2. The van der Waals surface area contributed by atoms with Gasteiger partial charge in [-0.05, 0) is 26.7 Å². The van der Waals surface area contributed by atoms with Gasteiger partial charge in [-0.3, -0.25) is 0 Å². The SMILES string of the molecule is CC(C)S(=O)(=O)N1CCCC(Oc2nccnc2C#N)C1. The summed E-state index contributed by atoms with van der Waals surface area (Å²) in [6.07, 6.45) is 4.00. The minimum atomic E-state index is -3.29. The number of aromatic nitrogens is 2. The number of nitriles is 1. The number of hydrogen-bond acceptors (Lipinski definition) is 6. The van der Waals surface area contributed by atoms with Crippen LogP contribution in [0.4, 0.5) is 0 Å². The van der Waals surface area contributed by atoms with Gasteiger partial charge < -0.3 is 4.74 Å². The summed E-state index contributed by atoms with van der Waals surface area (Å²) in [5, 5.41) is 8.51. The van der Waals surface area contributed by atoms with Crippen LogP contribution in [0.3, 0.4) is 0 Å². The van der Waals surface area contributed by atoms with Crippen molar-refractivity contribution in [1.29, 1.82) is 5.26 Å². The number of ether oxygens (including phenoxy) is 1. The van der Waals surface area contributed by atoms with E-state index in [1.165, 1.54) is 16.7 Å². The third-order valence-electron chi connectivity index (χ3n) is 3.35. The van der Waals surface area contributed by atoms with E-state index in [2.05, 4.69) is 9.97 Å². The Balaban J connectivity index is 2.11. The van der Waals surface area contributed by atoms with E-state index < -0.39 is 15.3 Å². The summed E-state index contributed by atoms with van der Waals surface area (Å²) < 4.78 is 31.5. The molecule has 2 rings (SSSR count). The van der Waals surface area contributed by atoms with Gasteiger partial charge in [0.15, 0.2) is 0 Å². The maximum Gasteiger partial charge on any atom is 0.251 e. The van der Waals surface area contributed by atoms with Crippen molar-refractivity contribution in [2.75, 3.05) is 13.1 Å². The molecule has 0 aliphatic carbocycles. The van der Waals surface area contributed by atoms with Gasteiger partial charge in [-0.25, -0.2) is 18.4 Å². The van der Waals surface area contributed by atoms with Crippen LogP contribution in [-0.2, 0) is 10.0 Å². The molecule has 1 unspecified atom stereocenters. The van der Waals surface area contributed by atoms with Crippen LogP contribution in [-0.4, -0.2) is 47.1 Å². The van der Waals surface area contributed by atoms with Gasteiger partial charge in [-0.1, -0.05) is 0 Å². The van der Waals surface area contributed by atoms with Gasteiger partial charge in [0, 0.05) is 18.9 Å².